The highest BCUT2D eigenvalue weighted by Crippen LogP contribution is 2.10. The number of halogens is 1. The minimum Gasteiger partial charge on any atom is -0.444 e. The highest BCUT2D eigenvalue weighted by atomic mass is 35.5. The quantitative estimate of drug-likeness (QED) is 0.550. The first-order chi connectivity index (χ1) is 6.22. The molecule has 1 rings (SSSR count). The largest absolute Gasteiger partial charge is 0.444 e. The Morgan fingerprint density at radius 3 is 3.08 bits per heavy atom. The molecule has 1 heterocycles. The van der Waals surface area contributed by atoms with Crippen LogP contribution in [0.1, 0.15) is 5.76 Å². The molecule has 0 saturated heterocycles. The Hall–Kier alpha value is -1.33. The minimum absolute atomic E-state index is 0.245. The van der Waals surface area contributed by atoms with Crippen molar-refractivity contribution in [3.05, 3.63) is 23.1 Å². The Labute approximate surface area is 79.0 Å². The van der Waals surface area contributed by atoms with Crippen LogP contribution in [-0.2, 0) is 4.79 Å². The maximum atomic E-state index is 10.5. The van der Waals surface area contributed by atoms with Crippen LogP contribution in [0.5, 0.6) is 0 Å². The molecule has 5 nitrogen and oxygen atoms in total. The van der Waals surface area contributed by atoms with E-state index in [1.54, 1.807) is 12.1 Å². The van der Waals surface area contributed by atoms with Crippen LogP contribution < -0.4 is 5.43 Å². The summed E-state index contributed by atoms with van der Waals surface area (Å²) in [5.74, 6) is -0.169. The van der Waals surface area contributed by atoms with E-state index < -0.39 is 12.5 Å². The topological polar surface area (TPSA) is 74.8 Å². The van der Waals surface area contributed by atoms with Gasteiger partial charge in [-0.2, -0.15) is 5.10 Å². The lowest BCUT2D eigenvalue weighted by molar-refractivity contribution is -0.123. The molecule has 0 aliphatic heterocycles. The molecule has 0 spiro atoms. The number of furan rings is 1. The number of carbonyl (C=O) groups excluding carboxylic acids is 1. The predicted octanol–water partition coefficient (Wildman–Crippen LogP) is 0.375. The van der Waals surface area contributed by atoms with E-state index in [1.165, 1.54) is 6.21 Å². The number of nitrogens with one attached hydrogen (secondary N) is 1. The van der Waals surface area contributed by atoms with Crippen LogP contribution >= 0.6 is 11.6 Å². The molecule has 0 aliphatic rings. The van der Waals surface area contributed by atoms with Gasteiger partial charge in [-0.3, -0.25) is 4.79 Å². The highest BCUT2D eigenvalue weighted by molar-refractivity contribution is 6.28. The monoisotopic (exact) mass is 202 g/mol. The average molecular weight is 203 g/mol. The van der Waals surface area contributed by atoms with Crippen LogP contribution in [-0.4, -0.2) is 23.8 Å². The lowest BCUT2D eigenvalue weighted by Crippen LogP contribution is -2.20. The molecular weight excluding hydrogens is 196 g/mol. The Morgan fingerprint density at radius 2 is 2.54 bits per heavy atom. The predicted molar refractivity (Wildman–Crippen MR) is 46.5 cm³/mol. The number of rotatable bonds is 3. The number of hydrogen-bond acceptors (Lipinski definition) is 4. The second kappa shape index (κ2) is 4.64. The van der Waals surface area contributed by atoms with Crippen LogP contribution in [0, 0.1) is 0 Å². The number of aliphatic hydroxyl groups excluding tert-OH is 1. The van der Waals surface area contributed by atoms with Gasteiger partial charge < -0.3 is 9.52 Å². The third kappa shape index (κ3) is 3.27. The summed E-state index contributed by atoms with van der Waals surface area (Å²) in [7, 11) is 0. The summed E-state index contributed by atoms with van der Waals surface area (Å²) in [5, 5.41) is 12.0. The molecule has 1 aromatic heterocycles. The molecule has 0 aliphatic carbocycles. The molecule has 0 fully saturated rings. The van der Waals surface area contributed by atoms with E-state index in [9.17, 15) is 4.79 Å². The van der Waals surface area contributed by atoms with Gasteiger partial charge >= 0.3 is 0 Å². The van der Waals surface area contributed by atoms with Crippen LogP contribution in [0.25, 0.3) is 0 Å². The summed E-state index contributed by atoms with van der Waals surface area (Å²) >= 11 is 5.47. The zero-order valence-corrected chi connectivity index (χ0v) is 7.28. The molecule has 0 atom stereocenters. The summed E-state index contributed by atoms with van der Waals surface area (Å²) in [6.07, 6.45) is 1.28. The van der Waals surface area contributed by atoms with Crippen LogP contribution in [0.3, 0.4) is 0 Å². The van der Waals surface area contributed by atoms with E-state index >= 15 is 0 Å². The molecular formula is C7H7ClN2O3. The number of carbonyl (C=O) groups is 1. The van der Waals surface area contributed by atoms with E-state index in [0.717, 1.165) is 0 Å². The zero-order valence-electron chi connectivity index (χ0n) is 6.53. The maximum absolute atomic E-state index is 10.5. The molecule has 0 unspecified atom stereocenters. The fourth-order valence-corrected chi connectivity index (χ4v) is 0.753. The van der Waals surface area contributed by atoms with Gasteiger partial charge in [0.05, 0.1) is 6.21 Å². The maximum Gasteiger partial charge on any atom is 0.265 e. The SMILES string of the molecule is O=C(CO)N/N=C/c1ccc(Cl)o1. The first-order valence-corrected chi connectivity index (χ1v) is 3.78. The van der Waals surface area contributed by atoms with Gasteiger partial charge in [-0.15, -0.1) is 0 Å². The lowest BCUT2D eigenvalue weighted by Gasteiger charge is -1.91. The molecule has 2 N–H and O–H groups in total. The van der Waals surface area contributed by atoms with Gasteiger partial charge in [0.1, 0.15) is 12.4 Å². The van der Waals surface area contributed by atoms with Crippen molar-refractivity contribution in [2.45, 2.75) is 0 Å². The van der Waals surface area contributed by atoms with E-state index in [1.807, 2.05) is 0 Å². The molecule has 1 amide bonds. The van der Waals surface area contributed by atoms with Crippen molar-refractivity contribution >= 4 is 23.7 Å². The van der Waals surface area contributed by atoms with Gasteiger partial charge in [0.2, 0.25) is 0 Å². The Balaban J connectivity index is 2.45. The summed E-state index contributed by atoms with van der Waals surface area (Å²) in [6.45, 7) is -0.601. The lowest BCUT2D eigenvalue weighted by atomic mass is 10.5. The van der Waals surface area contributed by atoms with Gasteiger partial charge in [0.15, 0.2) is 5.22 Å². The third-order valence-corrected chi connectivity index (χ3v) is 1.32. The molecule has 0 bridgehead atoms. The van der Waals surface area contributed by atoms with Crippen molar-refractivity contribution in [2.75, 3.05) is 6.61 Å². The molecule has 6 heteroatoms. The minimum atomic E-state index is -0.601. The van der Waals surface area contributed by atoms with E-state index in [0.29, 0.717) is 5.76 Å². The number of nitrogens with zero attached hydrogens (tertiary/aromatic N) is 1. The van der Waals surface area contributed by atoms with Crippen molar-refractivity contribution in [1.82, 2.24) is 5.43 Å². The number of hydrogen-bond donors (Lipinski definition) is 2. The van der Waals surface area contributed by atoms with Crippen molar-refractivity contribution in [2.24, 2.45) is 5.10 Å². The smallest absolute Gasteiger partial charge is 0.265 e. The third-order valence-electron chi connectivity index (χ3n) is 1.12. The highest BCUT2D eigenvalue weighted by Gasteiger charge is 1.96. The van der Waals surface area contributed by atoms with Gasteiger partial charge in [0, 0.05) is 0 Å². The molecule has 13 heavy (non-hydrogen) atoms. The summed E-state index contributed by atoms with van der Waals surface area (Å²) in [6, 6.07) is 3.15. The van der Waals surface area contributed by atoms with Crippen LogP contribution in [0.4, 0.5) is 0 Å². The van der Waals surface area contributed by atoms with Crippen molar-refractivity contribution in [3.8, 4) is 0 Å². The second-order valence-electron chi connectivity index (χ2n) is 2.09. The molecule has 1 aromatic rings. The van der Waals surface area contributed by atoms with E-state index in [2.05, 4.69) is 10.5 Å². The van der Waals surface area contributed by atoms with Gasteiger partial charge in [0.25, 0.3) is 5.91 Å². The van der Waals surface area contributed by atoms with E-state index in [4.69, 9.17) is 21.1 Å². The summed E-state index contributed by atoms with van der Waals surface area (Å²) < 4.78 is 4.90. The van der Waals surface area contributed by atoms with E-state index in [-0.39, 0.29) is 5.22 Å². The van der Waals surface area contributed by atoms with Gasteiger partial charge in [-0.1, -0.05) is 0 Å². The molecule has 0 aromatic carbocycles. The average Bonchev–Trinajstić information content (AvgIpc) is 2.51. The fourth-order valence-electron chi connectivity index (χ4n) is 0.601. The van der Waals surface area contributed by atoms with Crippen LogP contribution in [0.2, 0.25) is 5.22 Å². The van der Waals surface area contributed by atoms with Crippen molar-refractivity contribution < 1.29 is 14.3 Å². The normalized spacial score (nSPS) is 10.6. The first-order valence-electron chi connectivity index (χ1n) is 3.40. The zero-order chi connectivity index (χ0) is 9.68. The van der Waals surface area contributed by atoms with Crippen LogP contribution in [0.15, 0.2) is 21.7 Å². The molecule has 0 radical (unpaired) electrons. The molecule has 0 saturated carbocycles. The van der Waals surface area contributed by atoms with Gasteiger partial charge in [-0.25, -0.2) is 5.43 Å². The summed E-state index contributed by atoms with van der Waals surface area (Å²) in [4.78, 5) is 10.5. The molecule has 70 valence electrons. The second-order valence-corrected chi connectivity index (χ2v) is 2.47. The number of hydrazone groups is 1. The van der Waals surface area contributed by atoms with Crippen molar-refractivity contribution in [3.63, 3.8) is 0 Å². The summed E-state index contributed by atoms with van der Waals surface area (Å²) in [5.41, 5.74) is 2.07. The Kier molecular flexibility index (Phi) is 3.48. The number of aliphatic hydroxyl groups is 1. The fraction of sp³-hybridized carbons (Fsp3) is 0.143. The van der Waals surface area contributed by atoms with Gasteiger partial charge in [-0.05, 0) is 23.7 Å². The number of amides is 1. The standard InChI is InChI=1S/C7H7ClN2O3/c8-6-2-1-5(13-6)3-9-10-7(12)4-11/h1-3,11H,4H2,(H,10,12)/b9-3+. The Bertz CT molecular complexity index is 321. The Morgan fingerprint density at radius 1 is 1.77 bits per heavy atom. The van der Waals surface area contributed by atoms with Crippen molar-refractivity contribution in [1.29, 1.82) is 0 Å². The first kappa shape index (κ1) is 9.76.